The second-order valence-electron chi connectivity index (χ2n) is 4.61. The van der Waals surface area contributed by atoms with E-state index >= 15 is 0 Å². The van der Waals surface area contributed by atoms with E-state index in [9.17, 15) is 4.79 Å². The number of nitrogens with two attached hydrogens (primary N) is 1. The molecule has 1 fully saturated rings. The van der Waals surface area contributed by atoms with E-state index in [0.29, 0.717) is 6.54 Å². The van der Waals surface area contributed by atoms with Crippen LogP contribution in [-0.4, -0.2) is 55.7 Å². The van der Waals surface area contributed by atoms with Crippen LogP contribution in [0.1, 0.15) is 19.8 Å². The Hall–Kier alpha value is -1.09. The van der Waals surface area contributed by atoms with Crippen LogP contribution in [0, 0.1) is 12.3 Å². The largest absolute Gasteiger partial charge is 0.381 e. The van der Waals surface area contributed by atoms with Gasteiger partial charge in [0.2, 0.25) is 5.91 Å². The first-order valence-corrected chi connectivity index (χ1v) is 6.33. The Balaban J connectivity index is 2.58. The first-order chi connectivity index (χ1) is 8.63. The molecule has 0 aromatic carbocycles. The molecule has 3 N–H and O–H groups in total. The quantitative estimate of drug-likeness (QED) is 0.652. The van der Waals surface area contributed by atoms with Crippen molar-refractivity contribution in [2.75, 3.05) is 26.7 Å². The molecule has 3 atom stereocenters. The third-order valence-corrected chi connectivity index (χ3v) is 3.56. The minimum absolute atomic E-state index is 0.0396. The molecule has 0 spiro atoms. The van der Waals surface area contributed by atoms with Gasteiger partial charge >= 0.3 is 0 Å². The summed E-state index contributed by atoms with van der Waals surface area (Å²) in [6.45, 7) is 3.52. The van der Waals surface area contributed by atoms with Gasteiger partial charge in [0, 0.05) is 26.2 Å². The zero-order valence-electron chi connectivity index (χ0n) is 11.2. The Morgan fingerprint density at radius 3 is 3.00 bits per heavy atom. The van der Waals surface area contributed by atoms with Crippen LogP contribution in [-0.2, 0) is 9.53 Å². The Labute approximate surface area is 109 Å². The standard InChI is InChI=1S/C13H23N3O2/c1-4-6-15-13(17)10(2)16-7-5-12(18-3)8-11(16)9-14/h1,10-12H,5-9,14H2,2-3H3,(H,15,17). The van der Waals surface area contributed by atoms with E-state index in [1.165, 1.54) is 0 Å². The number of carbonyl (C=O) groups excluding carboxylic acids is 1. The highest BCUT2D eigenvalue weighted by Crippen LogP contribution is 2.21. The van der Waals surface area contributed by atoms with Crippen molar-refractivity contribution in [3.63, 3.8) is 0 Å². The number of hydrogen-bond donors (Lipinski definition) is 2. The summed E-state index contributed by atoms with van der Waals surface area (Å²) in [6, 6.07) is -0.0139. The van der Waals surface area contributed by atoms with Crippen LogP contribution >= 0.6 is 0 Å². The number of rotatable bonds is 5. The third kappa shape index (κ3) is 3.70. The lowest BCUT2D eigenvalue weighted by molar-refractivity contribution is -0.128. The second kappa shape index (κ2) is 7.37. The summed E-state index contributed by atoms with van der Waals surface area (Å²) in [4.78, 5) is 14.0. The zero-order valence-corrected chi connectivity index (χ0v) is 11.2. The lowest BCUT2D eigenvalue weighted by atomic mass is 9.97. The minimum Gasteiger partial charge on any atom is -0.381 e. The highest BCUT2D eigenvalue weighted by atomic mass is 16.5. The van der Waals surface area contributed by atoms with Gasteiger partial charge in [0.1, 0.15) is 0 Å². The summed E-state index contributed by atoms with van der Waals surface area (Å²) in [5.41, 5.74) is 5.79. The van der Waals surface area contributed by atoms with E-state index in [2.05, 4.69) is 16.1 Å². The summed E-state index contributed by atoms with van der Waals surface area (Å²) in [7, 11) is 1.72. The predicted molar refractivity (Wildman–Crippen MR) is 70.9 cm³/mol. The van der Waals surface area contributed by atoms with Crippen molar-refractivity contribution < 1.29 is 9.53 Å². The van der Waals surface area contributed by atoms with Crippen molar-refractivity contribution in [3.05, 3.63) is 0 Å². The fraction of sp³-hybridized carbons (Fsp3) is 0.769. The first-order valence-electron chi connectivity index (χ1n) is 6.33. The number of methoxy groups -OCH3 is 1. The topological polar surface area (TPSA) is 67.6 Å². The molecule has 1 heterocycles. The van der Waals surface area contributed by atoms with Gasteiger partial charge in [0.25, 0.3) is 0 Å². The van der Waals surface area contributed by atoms with Gasteiger partial charge < -0.3 is 15.8 Å². The number of nitrogens with zero attached hydrogens (tertiary/aromatic N) is 1. The van der Waals surface area contributed by atoms with E-state index in [0.717, 1.165) is 19.4 Å². The van der Waals surface area contributed by atoms with E-state index in [1.807, 2.05) is 6.92 Å². The fourth-order valence-corrected chi connectivity index (χ4v) is 2.42. The second-order valence-corrected chi connectivity index (χ2v) is 4.61. The van der Waals surface area contributed by atoms with Gasteiger partial charge in [-0.2, -0.15) is 0 Å². The molecule has 1 aliphatic heterocycles. The maximum absolute atomic E-state index is 11.9. The number of nitrogens with one attached hydrogen (secondary N) is 1. The zero-order chi connectivity index (χ0) is 13.5. The molecule has 3 unspecified atom stereocenters. The Morgan fingerprint density at radius 2 is 2.44 bits per heavy atom. The molecule has 1 aliphatic rings. The molecule has 0 aromatic heterocycles. The van der Waals surface area contributed by atoms with Gasteiger partial charge in [0.05, 0.1) is 18.7 Å². The normalized spacial score (nSPS) is 26.3. The number of terminal acetylenes is 1. The molecular weight excluding hydrogens is 230 g/mol. The molecule has 102 valence electrons. The van der Waals surface area contributed by atoms with Gasteiger partial charge in [0.15, 0.2) is 0 Å². The molecule has 18 heavy (non-hydrogen) atoms. The van der Waals surface area contributed by atoms with Gasteiger partial charge in [-0.1, -0.05) is 5.92 Å². The average molecular weight is 253 g/mol. The number of ether oxygens (including phenoxy) is 1. The molecule has 0 radical (unpaired) electrons. The summed E-state index contributed by atoms with van der Waals surface area (Å²) < 4.78 is 5.37. The van der Waals surface area contributed by atoms with Crippen molar-refractivity contribution in [3.8, 4) is 12.3 Å². The molecular formula is C13H23N3O2. The van der Waals surface area contributed by atoms with Crippen LogP contribution in [0.5, 0.6) is 0 Å². The monoisotopic (exact) mass is 253 g/mol. The molecule has 1 amide bonds. The minimum atomic E-state index is -0.204. The van der Waals surface area contributed by atoms with Gasteiger partial charge in [-0.25, -0.2) is 0 Å². The number of piperidine rings is 1. The van der Waals surface area contributed by atoms with Crippen LogP contribution in [0.15, 0.2) is 0 Å². The molecule has 5 nitrogen and oxygen atoms in total. The van der Waals surface area contributed by atoms with Crippen molar-refractivity contribution in [1.82, 2.24) is 10.2 Å². The van der Waals surface area contributed by atoms with E-state index < -0.39 is 0 Å². The molecule has 1 rings (SSSR count). The Kier molecular flexibility index (Phi) is 6.13. The molecule has 0 aromatic rings. The lowest BCUT2D eigenvalue weighted by Gasteiger charge is -2.41. The SMILES string of the molecule is C#CCNC(=O)C(C)N1CCC(OC)CC1CN. The summed E-state index contributed by atoms with van der Waals surface area (Å²) in [6.07, 6.45) is 7.18. The lowest BCUT2D eigenvalue weighted by Crippen LogP contribution is -2.56. The molecule has 0 bridgehead atoms. The number of likely N-dealkylation sites (tertiary alicyclic amines) is 1. The molecule has 5 heteroatoms. The van der Waals surface area contributed by atoms with Gasteiger partial charge in [-0.3, -0.25) is 9.69 Å². The van der Waals surface area contributed by atoms with Gasteiger partial charge in [-0.05, 0) is 19.8 Å². The van der Waals surface area contributed by atoms with E-state index in [4.69, 9.17) is 16.9 Å². The maximum Gasteiger partial charge on any atom is 0.237 e. The number of carbonyl (C=O) groups is 1. The Morgan fingerprint density at radius 1 is 1.72 bits per heavy atom. The van der Waals surface area contributed by atoms with Crippen molar-refractivity contribution in [2.45, 2.75) is 38.0 Å². The van der Waals surface area contributed by atoms with Crippen molar-refractivity contribution >= 4 is 5.91 Å². The summed E-state index contributed by atoms with van der Waals surface area (Å²) in [5, 5.41) is 2.71. The van der Waals surface area contributed by atoms with Crippen molar-refractivity contribution in [1.29, 1.82) is 0 Å². The predicted octanol–water partition coefficient (Wildman–Crippen LogP) is -0.438. The molecule has 0 aliphatic carbocycles. The third-order valence-electron chi connectivity index (χ3n) is 3.56. The van der Waals surface area contributed by atoms with Crippen LogP contribution in [0.4, 0.5) is 0 Å². The maximum atomic E-state index is 11.9. The molecule has 1 saturated heterocycles. The van der Waals surface area contributed by atoms with Crippen LogP contribution in [0.25, 0.3) is 0 Å². The van der Waals surface area contributed by atoms with Gasteiger partial charge in [-0.15, -0.1) is 6.42 Å². The summed E-state index contributed by atoms with van der Waals surface area (Å²) >= 11 is 0. The van der Waals surface area contributed by atoms with Crippen LogP contribution < -0.4 is 11.1 Å². The summed E-state index contributed by atoms with van der Waals surface area (Å²) in [5.74, 6) is 2.36. The highest BCUT2D eigenvalue weighted by molar-refractivity contribution is 5.81. The van der Waals surface area contributed by atoms with Crippen LogP contribution in [0.2, 0.25) is 0 Å². The number of hydrogen-bond acceptors (Lipinski definition) is 4. The fourth-order valence-electron chi connectivity index (χ4n) is 2.42. The first kappa shape index (κ1) is 15.0. The van der Waals surface area contributed by atoms with Crippen molar-refractivity contribution in [2.24, 2.45) is 5.73 Å². The van der Waals surface area contributed by atoms with E-state index in [1.54, 1.807) is 7.11 Å². The van der Waals surface area contributed by atoms with E-state index in [-0.39, 0.29) is 30.6 Å². The highest BCUT2D eigenvalue weighted by Gasteiger charge is 2.33. The van der Waals surface area contributed by atoms with Crippen LogP contribution in [0.3, 0.4) is 0 Å². The number of amides is 1. The molecule has 0 saturated carbocycles. The smallest absolute Gasteiger partial charge is 0.237 e. The Bertz CT molecular complexity index is 314. The average Bonchev–Trinajstić information content (AvgIpc) is 2.43.